The predicted octanol–water partition coefficient (Wildman–Crippen LogP) is 3.60. The first-order chi connectivity index (χ1) is 11.8. The van der Waals surface area contributed by atoms with Gasteiger partial charge < -0.3 is 15.4 Å². The highest BCUT2D eigenvalue weighted by Gasteiger charge is 2.29. The molecule has 0 atom stereocenters. The lowest BCUT2D eigenvalue weighted by atomic mass is 10.1. The Morgan fingerprint density at radius 1 is 1.08 bits per heavy atom. The quantitative estimate of drug-likeness (QED) is 0.828. The number of benzene rings is 2. The number of carbonyl (C=O) groups excluding carboxylic acids is 1. The van der Waals surface area contributed by atoms with Gasteiger partial charge in [0, 0.05) is 25.2 Å². The first-order valence-electron chi connectivity index (χ1n) is 7.63. The molecule has 25 heavy (non-hydrogen) atoms. The van der Waals surface area contributed by atoms with Gasteiger partial charge in [0.05, 0.1) is 12.7 Å². The molecule has 0 unspecified atom stereocenters. The van der Waals surface area contributed by atoms with Crippen LogP contribution in [0.5, 0.6) is 5.75 Å². The molecule has 0 bridgehead atoms. The molecular weight excluding hydrogens is 333 g/mol. The highest BCUT2D eigenvalue weighted by Crippen LogP contribution is 2.29. The Labute approximate surface area is 144 Å². The number of rotatable bonds is 7. The van der Waals surface area contributed by atoms with E-state index >= 15 is 0 Å². The first kappa shape index (κ1) is 18.6. The van der Waals surface area contributed by atoms with Crippen molar-refractivity contribution in [3.05, 3.63) is 59.7 Å². The largest absolute Gasteiger partial charge is 0.497 e. The average molecular weight is 352 g/mol. The number of nitrogens with two attached hydrogens (primary N) is 1. The highest BCUT2D eigenvalue weighted by molar-refractivity contribution is 5.74. The summed E-state index contributed by atoms with van der Waals surface area (Å²) in [5, 5.41) is 0. The molecule has 0 radical (unpaired) electrons. The molecule has 0 heterocycles. The van der Waals surface area contributed by atoms with Crippen molar-refractivity contribution in [1.29, 1.82) is 0 Å². The van der Waals surface area contributed by atoms with E-state index in [1.165, 1.54) is 12.1 Å². The van der Waals surface area contributed by atoms with Crippen LogP contribution in [0.1, 0.15) is 17.5 Å². The number of hydrogen-bond acceptors (Lipinski definition) is 3. The zero-order chi connectivity index (χ0) is 18.4. The summed E-state index contributed by atoms with van der Waals surface area (Å²) in [5.41, 5.74) is 6.05. The maximum Gasteiger partial charge on any atom is 0.416 e. The number of carbonyl (C=O) groups is 1. The van der Waals surface area contributed by atoms with E-state index in [1.807, 2.05) is 17.0 Å². The SMILES string of the molecule is COc1ccc(N(CCC(N)=O)Cc2ccc(C(F)(F)F)cc2)cc1. The Morgan fingerprint density at radius 2 is 1.68 bits per heavy atom. The van der Waals surface area contributed by atoms with Crippen molar-refractivity contribution < 1.29 is 22.7 Å². The minimum atomic E-state index is -4.36. The Balaban J connectivity index is 2.18. The number of anilines is 1. The molecule has 0 saturated heterocycles. The normalized spacial score (nSPS) is 11.2. The molecule has 4 nitrogen and oxygen atoms in total. The Bertz CT molecular complexity index is 698. The third-order valence-electron chi connectivity index (χ3n) is 3.72. The Morgan fingerprint density at radius 3 is 2.16 bits per heavy atom. The Hall–Kier alpha value is -2.70. The van der Waals surface area contributed by atoms with Crippen LogP contribution in [-0.4, -0.2) is 19.6 Å². The molecule has 1 amide bonds. The van der Waals surface area contributed by atoms with Gasteiger partial charge in [0.1, 0.15) is 5.75 Å². The molecule has 2 N–H and O–H groups in total. The number of alkyl halides is 3. The van der Waals surface area contributed by atoms with Gasteiger partial charge in [-0.3, -0.25) is 4.79 Å². The van der Waals surface area contributed by atoms with Crippen LogP contribution in [-0.2, 0) is 17.5 Å². The summed E-state index contributed by atoms with van der Waals surface area (Å²) in [4.78, 5) is 13.0. The van der Waals surface area contributed by atoms with Crippen LogP contribution in [0.25, 0.3) is 0 Å². The van der Waals surface area contributed by atoms with E-state index in [0.717, 1.165) is 17.8 Å². The fraction of sp³-hybridized carbons (Fsp3) is 0.278. The standard InChI is InChI=1S/C18H19F3N2O2/c1-25-16-8-6-15(7-9-16)23(11-10-17(22)24)12-13-2-4-14(5-3-13)18(19,20)21/h2-9H,10-12H2,1H3,(H2,22,24). The van der Waals surface area contributed by atoms with Crippen LogP contribution in [0.3, 0.4) is 0 Å². The second-order valence-electron chi connectivity index (χ2n) is 5.53. The molecule has 2 aromatic rings. The van der Waals surface area contributed by atoms with Crippen molar-refractivity contribution in [1.82, 2.24) is 0 Å². The fourth-order valence-corrected chi connectivity index (χ4v) is 2.36. The van der Waals surface area contributed by atoms with Gasteiger partial charge in [0.25, 0.3) is 0 Å². The molecule has 0 aliphatic carbocycles. The molecular formula is C18H19F3N2O2. The second-order valence-corrected chi connectivity index (χ2v) is 5.53. The van der Waals surface area contributed by atoms with Crippen LogP contribution in [0.2, 0.25) is 0 Å². The van der Waals surface area contributed by atoms with Crippen LogP contribution in [0.15, 0.2) is 48.5 Å². The molecule has 0 aliphatic heterocycles. The Kier molecular flexibility index (Phi) is 5.90. The molecule has 134 valence electrons. The lowest BCUT2D eigenvalue weighted by Gasteiger charge is -2.25. The van der Waals surface area contributed by atoms with Gasteiger partial charge in [0.15, 0.2) is 0 Å². The summed E-state index contributed by atoms with van der Waals surface area (Å²) in [7, 11) is 1.56. The second kappa shape index (κ2) is 7.92. The van der Waals surface area contributed by atoms with Gasteiger partial charge in [-0.2, -0.15) is 13.2 Å². The number of ether oxygens (including phenoxy) is 1. The van der Waals surface area contributed by atoms with E-state index in [4.69, 9.17) is 10.5 Å². The number of primary amides is 1. The van der Waals surface area contributed by atoms with Gasteiger partial charge in [-0.05, 0) is 42.0 Å². The van der Waals surface area contributed by atoms with E-state index in [2.05, 4.69) is 0 Å². The number of halogens is 3. The van der Waals surface area contributed by atoms with E-state index in [0.29, 0.717) is 24.4 Å². The van der Waals surface area contributed by atoms with Crippen molar-refractivity contribution in [3.8, 4) is 5.75 Å². The van der Waals surface area contributed by atoms with Crippen molar-refractivity contribution >= 4 is 11.6 Å². The summed E-state index contributed by atoms with van der Waals surface area (Å²) >= 11 is 0. The summed E-state index contributed by atoms with van der Waals surface area (Å²) < 4.78 is 43.1. The lowest BCUT2D eigenvalue weighted by Crippen LogP contribution is -2.27. The zero-order valence-electron chi connectivity index (χ0n) is 13.7. The minimum absolute atomic E-state index is 0.145. The van der Waals surface area contributed by atoms with E-state index < -0.39 is 17.6 Å². The molecule has 2 aromatic carbocycles. The molecule has 2 rings (SSSR count). The van der Waals surface area contributed by atoms with Gasteiger partial charge >= 0.3 is 6.18 Å². The van der Waals surface area contributed by atoms with E-state index in [1.54, 1.807) is 19.2 Å². The van der Waals surface area contributed by atoms with Crippen molar-refractivity contribution in [3.63, 3.8) is 0 Å². The van der Waals surface area contributed by atoms with Gasteiger partial charge in [-0.15, -0.1) is 0 Å². The van der Waals surface area contributed by atoms with Crippen molar-refractivity contribution in [2.75, 3.05) is 18.6 Å². The summed E-state index contributed by atoms with van der Waals surface area (Å²) in [6, 6.07) is 12.2. The topological polar surface area (TPSA) is 55.6 Å². The number of nitrogens with zero attached hydrogens (tertiary/aromatic N) is 1. The first-order valence-corrected chi connectivity index (χ1v) is 7.63. The molecule has 0 fully saturated rings. The number of hydrogen-bond donors (Lipinski definition) is 1. The maximum atomic E-state index is 12.7. The average Bonchev–Trinajstić information content (AvgIpc) is 2.58. The maximum absolute atomic E-state index is 12.7. The smallest absolute Gasteiger partial charge is 0.416 e. The highest BCUT2D eigenvalue weighted by atomic mass is 19.4. The van der Waals surface area contributed by atoms with Crippen molar-refractivity contribution in [2.45, 2.75) is 19.1 Å². The minimum Gasteiger partial charge on any atom is -0.497 e. The van der Waals surface area contributed by atoms with Crippen LogP contribution >= 0.6 is 0 Å². The zero-order valence-corrected chi connectivity index (χ0v) is 13.7. The van der Waals surface area contributed by atoms with E-state index in [9.17, 15) is 18.0 Å². The van der Waals surface area contributed by atoms with Gasteiger partial charge in [-0.25, -0.2) is 0 Å². The van der Waals surface area contributed by atoms with Crippen LogP contribution in [0, 0.1) is 0 Å². The molecule has 0 saturated carbocycles. The number of methoxy groups -OCH3 is 1. The number of amides is 1. The third-order valence-corrected chi connectivity index (χ3v) is 3.72. The van der Waals surface area contributed by atoms with Crippen LogP contribution in [0.4, 0.5) is 18.9 Å². The molecule has 0 aliphatic rings. The van der Waals surface area contributed by atoms with Crippen molar-refractivity contribution in [2.24, 2.45) is 5.73 Å². The molecule has 0 spiro atoms. The summed E-state index contributed by atoms with van der Waals surface area (Å²) in [5.74, 6) is 0.249. The van der Waals surface area contributed by atoms with E-state index in [-0.39, 0.29) is 6.42 Å². The summed E-state index contributed by atoms with van der Waals surface area (Å²) in [6.45, 7) is 0.723. The molecule has 0 aromatic heterocycles. The third kappa shape index (κ3) is 5.41. The lowest BCUT2D eigenvalue weighted by molar-refractivity contribution is -0.137. The van der Waals surface area contributed by atoms with Crippen LogP contribution < -0.4 is 15.4 Å². The van der Waals surface area contributed by atoms with Gasteiger partial charge in [0.2, 0.25) is 5.91 Å². The summed E-state index contributed by atoms with van der Waals surface area (Å²) in [6.07, 6.45) is -4.22. The predicted molar refractivity (Wildman–Crippen MR) is 89.3 cm³/mol. The molecule has 7 heteroatoms. The fourth-order valence-electron chi connectivity index (χ4n) is 2.36. The van der Waals surface area contributed by atoms with Gasteiger partial charge in [-0.1, -0.05) is 12.1 Å². The monoisotopic (exact) mass is 352 g/mol.